The SMILES string of the molecule is CCCC(O)CCCC(Cl)CC. The monoisotopic (exact) mass is 192 g/mol. The third-order valence-electron chi connectivity index (χ3n) is 2.12. The summed E-state index contributed by atoms with van der Waals surface area (Å²) in [6.07, 6.45) is 5.94. The minimum absolute atomic E-state index is 0.101. The highest BCUT2D eigenvalue weighted by Crippen LogP contribution is 2.13. The molecule has 0 fully saturated rings. The van der Waals surface area contributed by atoms with E-state index in [0.29, 0.717) is 5.38 Å². The average Bonchev–Trinajstić information content (AvgIpc) is 2.04. The molecule has 0 radical (unpaired) electrons. The van der Waals surface area contributed by atoms with Gasteiger partial charge >= 0.3 is 0 Å². The van der Waals surface area contributed by atoms with Crippen molar-refractivity contribution in [1.29, 1.82) is 0 Å². The average molecular weight is 193 g/mol. The second-order valence-corrected chi connectivity index (χ2v) is 4.00. The predicted molar refractivity (Wildman–Crippen MR) is 54.7 cm³/mol. The molecule has 74 valence electrons. The summed E-state index contributed by atoms with van der Waals surface area (Å²) in [4.78, 5) is 0. The maximum Gasteiger partial charge on any atom is 0.0540 e. The summed E-state index contributed by atoms with van der Waals surface area (Å²) in [5, 5.41) is 9.70. The first-order valence-corrected chi connectivity index (χ1v) is 5.46. The standard InChI is InChI=1S/C10H21ClO/c1-3-6-10(12)8-5-7-9(11)4-2/h9-10,12H,3-8H2,1-2H3. The zero-order chi connectivity index (χ0) is 9.40. The molecule has 0 rings (SSSR count). The number of alkyl halides is 1. The molecule has 0 aromatic heterocycles. The summed E-state index contributed by atoms with van der Waals surface area (Å²) < 4.78 is 0. The van der Waals surface area contributed by atoms with Crippen molar-refractivity contribution in [1.82, 2.24) is 0 Å². The molecule has 1 nitrogen and oxygen atoms in total. The van der Waals surface area contributed by atoms with Crippen LogP contribution < -0.4 is 0 Å². The lowest BCUT2D eigenvalue weighted by Gasteiger charge is -2.10. The van der Waals surface area contributed by atoms with Crippen molar-refractivity contribution in [2.75, 3.05) is 0 Å². The van der Waals surface area contributed by atoms with E-state index in [1.54, 1.807) is 0 Å². The second kappa shape index (κ2) is 7.88. The molecule has 2 heteroatoms. The van der Waals surface area contributed by atoms with Gasteiger partial charge in [-0.15, -0.1) is 11.6 Å². The van der Waals surface area contributed by atoms with E-state index in [-0.39, 0.29) is 6.10 Å². The van der Waals surface area contributed by atoms with Crippen LogP contribution in [-0.2, 0) is 0 Å². The number of rotatable bonds is 7. The van der Waals surface area contributed by atoms with Gasteiger partial charge in [0.25, 0.3) is 0 Å². The van der Waals surface area contributed by atoms with Gasteiger partial charge in [0.05, 0.1) is 6.10 Å². The Kier molecular flexibility index (Phi) is 8.04. The number of hydrogen-bond donors (Lipinski definition) is 1. The Morgan fingerprint density at radius 1 is 1.17 bits per heavy atom. The lowest BCUT2D eigenvalue weighted by atomic mass is 10.1. The summed E-state index contributed by atoms with van der Waals surface area (Å²) in [7, 11) is 0. The van der Waals surface area contributed by atoms with Gasteiger partial charge in [0.1, 0.15) is 0 Å². The van der Waals surface area contributed by atoms with Crippen LogP contribution in [-0.4, -0.2) is 16.6 Å². The van der Waals surface area contributed by atoms with Crippen molar-refractivity contribution in [2.45, 2.75) is 63.9 Å². The Labute approximate surface area is 81.1 Å². The molecule has 12 heavy (non-hydrogen) atoms. The van der Waals surface area contributed by atoms with Crippen LogP contribution in [0.25, 0.3) is 0 Å². The van der Waals surface area contributed by atoms with Crippen molar-refractivity contribution in [3.8, 4) is 0 Å². The van der Waals surface area contributed by atoms with E-state index in [9.17, 15) is 5.11 Å². The van der Waals surface area contributed by atoms with Crippen molar-refractivity contribution < 1.29 is 5.11 Å². The Morgan fingerprint density at radius 3 is 2.33 bits per heavy atom. The normalized spacial score (nSPS) is 16.0. The highest BCUT2D eigenvalue weighted by Gasteiger charge is 2.05. The van der Waals surface area contributed by atoms with Gasteiger partial charge in [-0.2, -0.15) is 0 Å². The molecule has 0 aromatic rings. The molecule has 0 heterocycles. The fourth-order valence-electron chi connectivity index (χ4n) is 1.26. The van der Waals surface area contributed by atoms with Crippen LogP contribution in [0.3, 0.4) is 0 Å². The van der Waals surface area contributed by atoms with E-state index >= 15 is 0 Å². The molecule has 0 saturated heterocycles. The quantitative estimate of drug-likeness (QED) is 0.614. The summed E-state index contributed by atoms with van der Waals surface area (Å²) >= 11 is 5.94. The molecule has 0 aromatic carbocycles. The molecule has 0 aliphatic carbocycles. The predicted octanol–water partition coefficient (Wildman–Crippen LogP) is 3.34. The smallest absolute Gasteiger partial charge is 0.0540 e. The minimum atomic E-state index is -0.101. The van der Waals surface area contributed by atoms with Crippen molar-refractivity contribution >= 4 is 11.6 Å². The van der Waals surface area contributed by atoms with E-state index in [1.165, 1.54) is 0 Å². The van der Waals surface area contributed by atoms with Gasteiger partial charge in [0.15, 0.2) is 0 Å². The molecule has 1 N–H and O–H groups in total. The molecular weight excluding hydrogens is 172 g/mol. The molecule has 2 unspecified atom stereocenters. The van der Waals surface area contributed by atoms with E-state index in [1.807, 2.05) is 0 Å². The number of aliphatic hydroxyl groups excluding tert-OH is 1. The molecule has 0 amide bonds. The molecule has 2 atom stereocenters. The number of aliphatic hydroxyl groups is 1. The highest BCUT2D eigenvalue weighted by atomic mass is 35.5. The largest absolute Gasteiger partial charge is 0.393 e. The Hall–Kier alpha value is 0.250. The zero-order valence-electron chi connectivity index (χ0n) is 8.22. The van der Waals surface area contributed by atoms with Crippen LogP contribution >= 0.6 is 11.6 Å². The lowest BCUT2D eigenvalue weighted by molar-refractivity contribution is 0.150. The summed E-state index contributed by atoms with van der Waals surface area (Å²) in [6, 6.07) is 0. The summed E-state index contributed by atoms with van der Waals surface area (Å²) in [6.45, 7) is 4.19. The van der Waals surface area contributed by atoms with Crippen molar-refractivity contribution in [3.05, 3.63) is 0 Å². The zero-order valence-corrected chi connectivity index (χ0v) is 8.98. The number of hydrogen-bond acceptors (Lipinski definition) is 1. The molecule has 0 bridgehead atoms. The fourth-order valence-corrected chi connectivity index (χ4v) is 1.41. The van der Waals surface area contributed by atoms with Gasteiger partial charge in [-0.1, -0.05) is 20.3 Å². The number of halogens is 1. The van der Waals surface area contributed by atoms with E-state index in [4.69, 9.17) is 11.6 Å². The van der Waals surface area contributed by atoms with Gasteiger partial charge in [-0.05, 0) is 32.1 Å². The molecule has 0 aliphatic rings. The van der Waals surface area contributed by atoms with Gasteiger partial charge < -0.3 is 5.11 Å². The molecule has 0 saturated carbocycles. The molecular formula is C10H21ClO. The third kappa shape index (κ3) is 6.93. The van der Waals surface area contributed by atoms with E-state index < -0.39 is 0 Å². The highest BCUT2D eigenvalue weighted by molar-refractivity contribution is 6.20. The van der Waals surface area contributed by atoms with Crippen LogP contribution in [0.2, 0.25) is 0 Å². The Bertz CT molecular complexity index is 95.8. The first kappa shape index (κ1) is 12.2. The summed E-state index contributed by atoms with van der Waals surface area (Å²) in [5.74, 6) is 0. The third-order valence-corrected chi connectivity index (χ3v) is 2.65. The van der Waals surface area contributed by atoms with Crippen molar-refractivity contribution in [2.24, 2.45) is 0 Å². The van der Waals surface area contributed by atoms with Crippen molar-refractivity contribution in [3.63, 3.8) is 0 Å². The summed E-state index contributed by atoms with van der Waals surface area (Å²) in [5.41, 5.74) is 0. The van der Waals surface area contributed by atoms with Crippen LogP contribution in [0.15, 0.2) is 0 Å². The van der Waals surface area contributed by atoms with Gasteiger partial charge in [-0.25, -0.2) is 0 Å². The van der Waals surface area contributed by atoms with E-state index in [2.05, 4.69) is 13.8 Å². The fraction of sp³-hybridized carbons (Fsp3) is 1.00. The first-order chi connectivity index (χ1) is 5.70. The maximum atomic E-state index is 9.39. The Morgan fingerprint density at radius 2 is 1.83 bits per heavy atom. The van der Waals surface area contributed by atoms with Gasteiger partial charge in [0, 0.05) is 5.38 Å². The van der Waals surface area contributed by atoms with Crippen LogP contribution in [0.5, 0.6) is 0 Å². The van der Waals surface area contributed by atoms with Gasteiger partial charge in [0.2, 0.25) is 0 Å². The lowest BCUT2D eigenvalue weighted by Crippen LogP contribution is -2.06. The van der Waals surface area contributed by atoms with Crippen LogP contribution in [0.1, 0.15) is 52.4 Å². The maximum absolute atomic E-state index is 9.39. The van der Waals surface area contributed by atoms with Crippen LogP contribution in [0, 0.1) is 0 Å². The molecule has 0 spiro atoms. The van der Waals surface area contributed by atoms with E-state index in [0.717, 1.165) is 38.5 Å². The topological polar surface area (TPSA) is 20.2 Å². The van der Waals surface area contributed by atoms with Crippen LogP contribution in [0.4, 0.5) is 0 Å². The van der Waals surface area contributed by atoms with Gasteiger partial charge in [-0.3, -0.25) is 0 Å². The minimum Gasteiger partial charge on any atom is -0.393 e. The molecule has 0 aliphatic heterocycles. The first-order valence-electron chi connectivity index (χ1n) is 5.02. The second-order valence-electron chi connectivity index (χ2n) is 3.38. The Balaban J connectivity index is 3.18.